The molecule has 0 aliphatic carbocycles. The standard InChI is InChI=1S/C23H21Cl2N3O3/c24-17-8-9-18(19(25)15-17)22(29)27-10-12-28(13-11-27)23(30)26-21(20-7-4-14-31-20)16-5-2-1-3-6-16/h1-9,14-15,21H,10-13H2,(H,26,30). The van der Waals surface area contributed by atoms with E-state index in [1.54, 1.807) is 40.3 Å². The number of piperazine rings is 1. The van der Waals surface area contributed by atoms with Gasteiger partial charge in [0.2, 0.25) is 0 Å². The van der Waals surface area contributed by atoms with Crippen LogP contribution in [0.5, 0.6) is 0 Å². The summed E-state index contributed by atoms with van der Waals surface area (Å²) in [6.07, 6.45) is 1.59. The number of benzene rings is 2. The van der Waals surface area contributed by atoms with E-state index in [4.69, 9.17) is 27.6 Å². The SMILES string of the molecule is O=C(NC(c1ccccc1)c1ccco1)N1CCN(C(=O)c2ccc(Cl)cc2Cl)CC1. The molecule has 0 saturated carbocycles. The highest BCUT2D eigenvalue weighted by atomic mass is 35.5. The fourth-order valence-corrected chi connectivity index (χ4v) is 4.07. The van der Waals surface area contributed by atoms with E-state index in [1.165, 1.54) is 0 Å². The van der Waals surface area contributed by atoms with Crippen molar-refractivity contribution in [2.75, 3.05) is 26.2 Å². The van der Waals surface area contributed by atoms with Gasteiger partial charge in [-0.05, 0) is 35.9 Å². The second-order valence-corrected chi connectivity index (χ2v) is 8.06. The van der Waals surface area contributed by atoms with Crippen LogP contribution in [-0.4, -0.2) is 47.9 Å². The molecule has 4 rings (SSSR count). The Morgan fingerprint density at radius 2 is 1.61 bits per heavy atom. The van der Waals surface area contributed by atoms with Gasteiger partial charge in [0.05, 0.1) is 16.8 Å². The van der Waals surface area contributed by atoms with Gasteiger partial charge in [0.1, 0.15) is 11.8 Å². The third-order valence-corrected chi connectivity index (χ3v) is 5.79. The molecule has 1 aromatic heterocycles. The van der Waals surface area contributed by atoms with Gasteiger partial charge in [-0.3, -0.25) is 4.79 Å². The van der Waals surface area contributed by atoms with Crippen LogP contribution in [0.4, 0.5) is 4.79 Å². The number of hydrogen-bond acceptors (Lipinski definition) is 3. The highest BCUT2D eigenvalue weighted by molar-refractivity contribution is 6.36. The second kappa shape index (κ2) is 9.45. The predicted octanol–water partition coefficient (Wildman–Crippen LogP) is 4.84. The van der Waals surface area contributed by atoms with Crippen LogP contribution in [-0.2, 0) is 0 Å². The molecule has 3 aromatic rings. The first-order chi connectivity index (χ1) is 15.0. The van der Waals surface area contributed by atoms with Gasteiger partial charge in [0.15, 0.2) is 0 Å². The van der Waals surface area contributed by atoms with Crippen LogP contribution in [0, 0.1) is 0 Å². The molecule has 1 unspecified atom stereocenters. The predicted molar refractivity (Wildman–Crippen MR) is 119 cm³/mol. The van der Waals surface area contributed by atoms with Gasteiger partial charge in [-0.2, -0.15) is 0 Å². The van der Waals surface area contributed by atoms with Crippen molar-refractivity contribution in [3.05, 3.63) is 93.9 Å². The minimum Gasteiger partial charge on any atom is -0.467 e. The lowest BCUT2D eigenvalue weighted by molar-refractivity contribution is 0.0664. The third-order valence-electron chi connectivity index (χ3n) is 5.24. The lowest BCUT2D eigenvalue weighted by atomic mass is 10.0. The van der Waals surface area contributed by atoms with Crippen LogP contribution < -0.4 is 5.32 Å². The van der Waals surface area contributed by atoms with Gasteiger partial charge in [-0.15, -0.1) is 0 Å². The first-order valence-electron chi connectivity index (χ1n) is 9.91. The topological polar surface area (TPSA) is 65.8 Å². The first kappa shape index (κ1) is 21.3. The number of carbonyl (C=O) groups excluding carboxylic acids is 2. The number of rotatable bonds is 4. The Morgan fingerprint density at radius 3 is 2.26 bits per heavy atom. The van der Waals surface area contributed by atoms with E-state index in [2.05, 4.69) is 5.32 Å². The van der Waals surface area contributed by atoms with Crippen LogP contribution in [0.15, 0.2) is 71.3 Å². The number of hydrogen-bond donors (Lipinski definition) is 1. The fourth-order valence-electron chi connectivity index (χ4n) is 3.58. The van der Waals surface area contributed by atoms with E-state index in [1.807, 2.05) is 36.4 Å². The van der Waals surface area contributed by atoms with Gasteiger partial charge in [-0.25, -0.2) is 4.79 Å². The maximum atomic E-state index is 12.9. The molecule has 0 bridgehead atoms. The van der Waals surface area contributed by atoms with E-state index in [0.29, 0.717) is 47.5 Å². The Hall–Kier alpha value is -2.96. The lowest BCUT2D eigenvalue weighted by Gasteiger charge is -2.35. The van der Waals surface area contributed by atoms with E-state index < -0.39 is 6.04 Å². The fraction of sp³-hybridized carbons (Fsp3) is 0.217. The highest BCUT2D eigenvalue weighted by Crippen LogP contribution is 2.24. The van der Waals surface area contributed by atoms with Crippen molar-refractivity contribution in [3.8, 4) is 0 Å². The summed E-state index contributed by atoms with van der Waals surface area (Å²) in [4.78, 5) is 29.1. The van der Waals surface area contributed by atoms with Gasteiger partial charge < -0.3 is 19.5 Å². The number of halogens is 2. The van der Waals surface area contributed by atoms with Crippen molar-refractivity contribution in [3.63, 3.8) is 0 Å². The Balaban J connectivity index is 1.40. The summed E-state index contributed by atoms with van der Waals surface area (Å²) in [5.41, 5.74) is 1.34. The van der Waals surface area contributed by atoms with E-state index >= 15 is 0 Å². The second-order valence-electron chi connectivity index (χ2n) is 7.21. The molecule has 1 N–H and O–H groups in total. The molecule has 1 aliphatic rings. The Labute approximate surface area is 190 Å². The molecule has 1 fully saturated rings. The minimum atomic E-state index is -0.392. The van der Waals surface area contributed by atoms with Crippen LogP contribution in [0.1, 0.15) is 27.7 Å². The van der Waals surface area contributed by atoms with Gasteiger partial charge in [0.25, 0.3) is 5.91 Å². The quantitative estimate of drug-likeness (QED) is 0.609. The molecule has 31 heavy (non-hydrogen) atoms. The molecular formula is C23H21Cl2N3O3. The number of carbonyl (C=O) groups is 2. The first-order valence-corrected chi connectivity index (χ1v) is 10.7. The van der Waals surface area contributed by atoms with Crippen LogP contribution in [0.2, 0.25) is 10.0 Å². The molecule has 8 heteroatoms. The van der Waals surface area contributed by atoms with Gasteiger partial charge in [-0.1, -0.05) is 53.5 Å². The number of nitrogens with one attached hydrogen (secondary N) is 1. The molecule has 2 aromatic carbocycles. The summed E-state index contributed by atoms with van der Waals surface area (Å²) in [5, 5.41) is 3.85. The van der Waals surface area contributed by atoms with Gasteiger partial charge >= 0.3 is 6.03 Å². The van der Waals surface area contributed by atoms with Crippen molar-refractivity contribution in [1.82, 2.24) is 15.1 Å². The average Bonchev–Trinajstić information content (AvgIpc) is 3.32. The number of urea groups is 1. The summed E-state index contributed by atoms with van der Waals surface area (Å²) in [5.74, 6) is 0.491. The van der Waals surface area contributed by atoms with E-state index in [9.17, 15) is 9.59 Å². The largest absolute Gasteiger partial charge is 0.467 e. The number of amides is 3. The molecule has 160 valence electrons. The maximum Gasteiger partial charge on any atom is 0.318 e. The minimum absolute atomic E-state index is 0.167. The summed E-state index contributed by atoms with van der Waals surface area (Å²) < 4.78 is 5.55. The van der Waals surface area contributed by atoms with Crippen LogP contribution in [0.3, 0.4) is 0 Å². The lowest BCUT2D eigenvalue weighted by Crippen LogP contribution is -2.53. The zero-order valence-corrected chi connectivity index (χ0v) is 18.1. The summed E-state index contributed by atoms with van der Waals surface area (Å²) in [7, 11) is 0. The average molecular weight is 458 g/mol. The molecule has 3 amide bonds. The summed E-state index contributed by atoms with van der Waals surface area (Å²) in [6.45, 7) is 1.68. The Bertz CT molecular complexity index is 1050. The monoisotopic (exact) mass is 457 g/mol. The molecule has 1 aliphatic heterocycles. The van der Waals surface area contributed by atoms with E-state index in [-0.39, 0.29) is 11.9 Å². The van der Waals surface area contributed by atoms with Crippen molar-refractivity contribution in [2.24, 2.45) is 0 Å². The summed E-state index contributed by atoms with van der Waals surface area (Å²) in [6, 6.07) is 17.5. The molecule has 1 saturated heterocycles. The number of nitrogens with zero attached hydrogens (tertiary/aromatic N) is 2. The molecular weight excluding hydrogens is 437 g/mol. The van der Waals surface area contributed by atoms with E-state index in [0.717, 1.165) is 5.56 Å². The van der Waals surface area contributed by atoms with Crippen LogP contribution in [0.25, 0.3) is 0 Å². The van der Waals surface area contributed by atoms with Crippen molar-refractivity contribution < 1.29 is 14.0 Å². The number of furan rings is 1. The summed E-state index contributed by atoms with van der Waals surface area (Å²) >= 11 is 12.1. The molecule has 6 nitrogen and oxygen atoms in total. The van der Waals surface area contributed by atoms with Crippen molar-refractivity contribution in [2.45, 2.75) is 6.04 Å². The zero-order valence-electron chi connectivity index (χ0n) is 16.6. The normalized spacial score (nSPS) is 14.9. The van der Waals surface area contributed by atoms with Gasteiger partial charge in [0, 0.05) is 31.2 Å². The van der Waals surface area contributed by atoms with Crippen molar-refractivity contribution >= 4 is 35.1 Å². The third kappa shape index (κ3) is 4.86. The smallest absolute Gasteiger partial charge is 0.318 e. The Morgan fingerprint density at radius 1 is 0.903 bits per heavy atom. The molecule has 0 radical (unpaired) electrons. The molecule has 0 spiro atoms. The molecule has 1 atom stereocenters. The zero-order chi connectivity index (χ0) is 21.8. The maximum absolute atomic E-state index is 12.9. The molecule has 2 heterocycles. The highest BCUT2D eigenvalue weighted by Gasteiger charge is 2.28. The van der Waals surface area contributed by atoms with Crippen LogP contribution >= 0.6 is 23.2 Å². The van der Waals surface area contributed by atoms with Crippen molar-refractivity contribution in [1.29, 1.82) is 0 Å². The Kier molecular flexibility index (Phi) is 6.49.